The zero-order valence-corrected chi connectivity index (χ0v) is 10.8. The first-order valence-corrected chi connectivity index (χ1v) is 5.68. The van der Waals surface area contributed by atoms with Gasteiger partial charge in [-0.3, -0.25) is 0 Å². The second-order valence-corrected chi connectivity index (χ2v) is 4.42. The Bertz CT molecular complexity index is 517. The highest BCUT2D eigenvalue weighted by atomic mass is 16.5. The maximum Gasteiger partial charge on any atom is 0.278 e. The van der Waals surface area contributed by atoms with E-state index in [1.807, 2.05) is 24.6 Å². The molecule has 2 heterocycles. The van der Waals surface area contributed by atoms with Crippen LogP contribution in [0.5, 0.6) is 0 Å². The maximum absolute atomic E-state index is 5.47. The molecule has 0 saturated heterocycles. The van der Waals surface area contributed by atoms with Gasteiger partial charge < -0.3 is 19.6 Å². The number of hydrogen-bond acceptors (Lipinski definition) is 6. The predicted octanol–water partition coefficient (Wildman–Crippen LogP) is 0.773. The summed E-state index contributed by atoms with van der Waals surface area (Å²) in [5.74, 6) is 0.874. The smallest absolute Gasteiger partial charge is 0.278 e. The summed E-state index contributed by atoms with van der Waals surface area (Å²) in [7, 11) is 1.60. The largest absolute Gasteiger partial charge is 0.371 e. The van der Waals surface area contributed by atoms with Crippen molar-refractivity contribution in [2.24, 2.45) is 5.73 Å². The Labute approximate surface area is 105 Å². The summed E-state index contributed by atoms with van der Waals surface area (Å²) >= 11 is 0. The van der Waals surface area contributed by atoms with Crippen molar-refractivity contribution in [2.45, 2.75) is 26.0 Å². The van der Waals surface area contributed by atoms with Crippen LogP contribution in [0.4, 0.5) is 0 Å². The number of nitrogens with zero attached hydrogens (tertiary/aromatic N) is 4. The molecule has 2 aromatic rings. The molecule has 0 aliphatic carbocycles. The van der Waals surface area contributed by atoms with Crippen molar-refractivity contribution in [3.63, 3.8) is 0 Å². The fourth-order valence-electron chi connectivity index (χ4n) is 1.41. The van der Waals surface area contributed by atoms with Crippen molar-refractivity contribution in [3.8, 4) is 11.6 Å². The quantitative estimate of drug-likeness (QED) is 0.844. The highest BCUT2D eigenvalue weighted by Crippen LogP contribution is 2.23. The third-order valence-electron chi connectivity index (χ3n) is 2.71. The average molecular weight is 251 g/mol. The third kappa shape index (κ3) is 2.41. The summed E-state index contributed by atoms with van der Waals surface area (Å²) in [6, 6.07) is 0. The molecule has 0 aliphatic heterocycles. The van der Waals surface area contributed by atoms with Crippen molar-refractivity contribution in [3.05, 3.63) is 18.3 Å². The fraction of sp³-hybridized carbons (Fsp3) is 0.545. The van der Waals surface area contributed by atoms with Gasteiger partial charge in [-0.15, -0.1) is 0 Å². The van der Waals surface area contributed by atoms with Crippen LogP contribution in [0.15, 0.2) is 17.0 Å². The molecule has 7 nitrogen and oxygen atoms in total. The van der Waals surface area contributed by atoms with Crippen molar-refractivity contribution in [1.82, 2.24) is 19.7 Å². The van der Waals surface area contributed by atoms with Crippen LogP contribution in [0, 0.1) is 0 Å². The zero-order chi connectivity index (χ0) is 13.2. The van der Waals surface area contributed by atoms with Crippen LogP contribution < -0.4 is 5.73 Å². The number of aromatic nitrogens is 4. The molecular weight excluding hydrogens is 234 g/mol. The van der Waals surface area contributed by atoms with E-state index in [0.717, 1.165) is 0 Å². The first-order chi connectivity index (χ1) is 8.56. The maximum atomic E-state index is 5.47. The normalized spacial score (nSPS) is 12.0. The minimum absolute atomic E-state index is 0.380. The Morgan fingerprint density at radius 1 is 1.50 bits per heavy atom. The van der Waals surface area contributed by atoms with Crippen LogP contribution in [-0.4, -0.2) is 33.3 Å². The topological polar surface area (TPSA) is 92.0 Å². The van der Waals surface area contributed by atoms with E-state index >= 15 is 0 Å². The van der Waals surface area contributed by atoms with Crippen molar-refractivity contribution in [2.75, 3.05) is 13.7 Å². The Morgan fingerprint density at radius 3 is 2.94 bits per heavy atom. The van der Waals surface area contributed by atoms with Crippen molar-refractivity contribution in [1.29, 1.82) is 0 Å². The molecule has 0 amide bonds. The molecule has 2 N–H and O–H groups in total. The summed E-state index contributed by atoms with van der Waals surface area (Å²) in [6.45, 7) is 5.00. The molecule has 0 atom stereocenters. The van der Waals surface area contributed by atoms with Gasteiger partial charge in [0.25, 0.3) is 5.89 Å². The van der Waals surface area contributed by atoms with Crippen LogP contribution in [0.3, 0.4) is 0 Å². The van der Waals surface area contributed by atoms with Crippen LogP contribution in [0.2, 0.25) is 0 Å². The lowest BCUT2D eigenvalue weighted by atomic mass is 10.1. The molecule has 0 aliphatic rings. The summed E-state index contributed by atoms with van der Waals surface area (Å²) in [4.78, 5) is 8.48. The number of methoxy groups -OCH3 is 1. The fourth-order valence-corrected chi connectivity index (χ4v) is 1.41. The first-order valence-electron chi connectivity index (χ1n) is 5.68. The second kappa shape index (κ2) is 4.87. The molecule has 0 radical (unpaired) electrons. The first kappa shape index (κ1) is 12.7. The molecule has 0 unspecified atom stereocenters. The van der Waals surface area contributed by atoms with Gasteiger partial charge >= 0.3 is 0 Å². The highest BCUT2D eigenvalue weighted by Gasteiger charge is 2.26. The summed E-state index contributed by atoms with van der Waals surface area (Å²) < 4.78 is 12.3. The molecule has 0 aromatic carbocycles. The Morgan fingerprint density at radius 2 is 2.28 bits per heavy atom. The Kier molecular flexibility index (Phi) is 3.44. The van der Waals surface area contributed by atoms with Gasteiger partial charge in [0.1, 0.15) is 11.3 Å². The standard InChI is InChI=1S/C11H17N5O2/c1-11(2,17-3)10-14-9(18-15-10)8-6-16(5-4-12)7-13-8/h6-7H,4-5,12H2,1-3H3. The van der Waals surface area contributed by atoms with E-state index in [4.69, 9.17) is 15.0 Å². The Balaban J connectivity index is 2.23. The number of nitrogens with two attached hydrogens (primary N) is 1. The van der Waals surface area contributed by atoms with Crippen LogP contribution in [0.25, 0.3) is 11.6 Å². The third-order valence-corrected chi connectivity index (χ3v) is 2.71. The van der Waals surface area contributed by atoms with Crippen molar-refractivity contribution < 1.29 is 9.26 Å². The average Bonchev–Trinajstić information content (AvgIpc) is 2.97. The van der Waals surface area contributed by atoms with Gasteiger partial charge in [0.05, 0.1) is 6.33 Å². The molecule has 2 rings (SSSR count). The van der Waals surface area contributed by atoms with E-state index in [0.29, 0.717) is 30.5 Å². The molecule has 2 aromatic heterocycles. The zero-order valence-electron chi connectivity index (χ0n) is 10.8. The Hall–Kier alpha value is -1.73. The number of ether oxygens (including phenoxy) is 1. The van der Waals surface area contributed by atoms with Gasteiger partial charge in [-0.25, -0.2) is 4.98 Å². The van der Waals surface area contributed by atoms with Gasteiger partial charge in [0.2, 0.25) is 5.82 Å². The van der Waals surface area contributed by atoms with Gasteiger partial charge in [-0.2, -0.15) is 4.98 Å². The van der Waals surface area contributed by atoms with Gasteiger partial charge in [0, 0.05) is 26.4 Å². The lowest BCUT2D eigenvalue weighted by molar-refractivity contribution is 0.00973. The van der Waals surface area contributed by atoms with E-state index in [1.165, 1.54) is 0 Å². The van der Waals surface area contributed by atoms with Crippen LogP contribution in [-0.2, 0) is 16.9 Å². The summed E-state index contributed by atoms with van der Waals surface area (Å²) in [5.41, 5.74) is 5.52. The molecule has 18 heavy (non-hydrogen) atoms. The lowest BCUT2D eigenvalue weighted by Gasteiger charge is -2.17. The second-order valence-electron chi connectivity index (χ2n) is 4.42. The number of imidazole rings is 1. The summed E-state index contributed by atoms with van der Waals surface area (Å²) in [5, 5.41) is 3.91. The van der Waals surface area contributed by atoms with Gasteiger partial charge in [0.15, 0.2) is 0 Å². The van der Waals surface area contributed by atoms with E-state index in [9.17, 15) is 0 Å². The molecule has 7 heteroatoms. The number of hydrogen-bond donors (Lipinski definition) is 1. The molecular formula is C11H17N5O2. The van der Waals surface area contributed by atoms with Crippen LogP contribution >= 0.6 is 0 Å². The van der Waals surface area contributed by atoms with E-state index < -0.39 is 5.60 Å². The lowest BCUT2D eigenvalue weighted by Crippen LogP contribution is -2.21. The van der Waals surface area contributed by atoms with E-state index in [1.54, 1.807) is 13.4 Å². The molecule has 98 valence electrons. The highest BCUT2D eigenvalue weighted by molar-refractivity contribution is 5.44. The predicted molar refractivity (Wildman–Crippen MR) is 64.6 cm³/mol. The monoisotopic (exact) mass is 251 g/mol. The van der Waals surface area contributed by atoms with Crippen LogP contribution in [0.1, 0.15) is 19.7 Å². The summed E-state index contributed by atoms with van der Waals surface area (Å²) in [6.07, 6.45) is 3.51. The van der Waals surface area contributed by atoms with Gasteiger partial charge in [-0.1, -0.05) is 5.16 Å². The van der Waals surface area contributed by atoms with E-state index in [-0.39, 0.29) is 0 Å². The minimum Gasteiger partial charge on any atom is -0.371 e. The molecule has 0 bridgehead atoms. The molecule has 0 spiro atoms. The van der Waals surface area contributed by atoms with Crippen molar-refractivity contribution >= 4 is 0 Å². The molecule has 0 fully saturated rings. The molecule has 0 saturated carbocycles. The SMILES string of the molecule is COC(C)(C)c1noc(-c2cn(CCN)cn2)n1. The number of rotatable bonds is 5. The minimum atomic E-state index is -0.582. The van der Waals surface area contributed by atoms with E-state index in [2.05, 4.69) is 15.1 Å². The van der Waals surface area contributed by atoms with Gasteiger partial charge in [-0.05, 0) is 13.8 Å².